The lowest BCUT2D eigenvalue weighted by Crippen LogP contribution is -2.46. The first-order valence-electron chi connectivity index (χ1n) is 7.86. The summed E-state index contributed by atoms with van der Waals surface area (Å²) in [5.41, 5.74) is 0.452. The Labute approximate surface area is 142 Å². The minimum Gasteiger partial charge on any atom is -0.495 e. The molecule has 6 heteroatoms. The van der Waals surface area contributed by atoms with Crippen molar-refractivity contribution in [3.05, 3.63) is 23.2 Å². The van der Waals surface area contributed by atoms with Crippen molar-refractivity contribution in [3.63, 3.8) is 0 Å². The fourth-order valence-corrected chi connectivity index (χ4v) is 2.84. The first-order valence-corrected chi connectivity index (χ1v) is 8.24. The Hall–Kier alpha value is -1.62. The number of carbonyl (C=O) groups is 1. The van der Waals surface area contributed by atoms with Gasteiger partial charge in [0, 0.05) is 24.8 Å². The Morgan fingerprint density at radius 1 is 1.39 bits per heavy atom. The van der Waals surface area contributed by atoms with E-state index in [1.54, 1.807) is 12.0 Å². The van der Waals surface area contributed by atoms with E-state index in [1.807, 2.05) is 39.0 Å². The molecule has 0 spiro atoms. The Balaban J connectivity index is 1.96. The number of likely N-dealkylation sites (tertiary alicyclic amines) is 1. The highest BCUT2D eigenvalue weighted by molar-refractivity contribution is 6.32. The van der Waals surface area contributed by atoms with Crippen LogP contribution >= 0.6 is 11.6 Å². The molecule has 1 saturated heterocycles. The molecule has 1 aliphatic rings. The van der Waals surface area contributed by atoms with E-state index in [-0.39, 0.29) is 12.1 Å². The van der Waals surface area contributed by atoms with Crippen LogP contribution in [0.2, 0.25) is 5.02 Å². The second kappa shape index (κ2) is 7.30. The minimum absolute atomic E-state index is 0.181. The van der Waals surface area contributed by atoms with Crippen LogP contribution in [0, 0.1) is 0 Å². The standard InChI is InChI=1S/C17H25ClN2O3/c1-17(2,3)23-16(21)20-9-5-6-13(11-20)19-12-7-8-15(22-4)14(18)10-12/h7-8,10,13,19H,5-6,9,11H2,1-4H3. The number of hydrogen-bond acceptors (Lipinski definition) is 4. The number of nitrogens with one attached hydrogen (secondary N) is 1. The highest BCUT2D eigenvalue weighted by Crippen LogP contribution is 2.28. The van der Waals surface area contributed by atoms with Crippen LogP contribution in [0.15, 0.2) is 18.2 Å². The van der Waals surface area contributed by atoms with Crippen molar-refractivity contribution in [2.45, 2.75) is 45.3 Å². The van der Waals surface area contributed by atoms with Crippen LogP contribution < -0.4 is 10.1 Å². The molecule has 1 heterocycles. The molecule has 1 atom stereocenters. The topological polar surface area (TPSA) is 50.8 Å². The van der Waals surface area contributed by atoms with Gasteiger partial charge in [-0.3, -0.25) is 0 Å². The van der Waals surface area contributed by atoms with Crippen molar-refractivity contribution in [2.75, 3.05) is 25.5 Å². The maximum Gasteiger partial charge on any atom is 0.410 e. The number of ether oxygens (including phenoxy) is 2. The van der Waals surface area contributed by atoms with Gasteiger partial charge in [0.25, 0.3) is 0 Å². The van der Waals surface area contributed by atoms with Crippen LogP contribution in [0.5, 0.6) is 5.75 Å². The molecular weight excluding hydrogens is 316 g/mol. The number of anilines is 1. The summed E-state index contributed by atoms with van der Waals surface area (Å²) in [5.74, 6) is 0.649. The second-order valence-corrected chi connectivity index (χ2v) is 7.17. The maximum absolute atomic E-state index is 12.2. The molecule has 1 unspecified atom stereocenters. The number of amides is 1. The van der Waals surface area contributed by atoms with Gasteiger partial charge >= 0.3 is 6.09 Å². The zero-order valence-electron chi connectivity index (χ0n) is 14.2. The maximum atomic E-state index is 12.2. The Bertz CT molecular complexity index is 557. The van der Waals surface area contributed by atoms with Gasteiger partial charge in [0.15, 0.2) is 0 Å². The zero-order chi connectivity index (χ0) is 17.0. The molecule has 23 heavy (non-hydrogen) atoms. The number of carbonyl (C=O) groups excluding carboxylic acids is 1. The highest BCUT2D eigenvalue weighted by atomic mass is 35.5. The summed E-state index contributed by atoms with van der Waals surface area (Å²) < 4.78 is 10.6. The average molecular weight is 341 g/mol. The molecular formula is C17H25ClN2O3. The molecule has 5 nitrogen and oxygen atoms in total. The number of benzene rings is 1. The number of nitrogens with zero attached hydrogens (tertiary/aromatic N) is 1. The average Bonchev–Trinajstić information content (AvgIpc) is 2.46. The second-order valence-electron chi connectivity index (χ2n) is 6.76. The van der Waals surface area contributed by atoms with Crippen molar-refractivity contribution in [1.82, 2.24) is 4.90 Å². The number of rotatable bonds is 3. The SMILES string of the molecule is COc1ccc(NC2CCCN(C(=O)OC(C)(C)C)C2)cc1Cl. The van der Waals surface area contributed by atoms with Gasteiger partial charge in [0.2, 0.25) is 0 Å². The minimum atomic E-state index is -0.471. The first kappa shape index (κ1) is 17.7. The fraction of sp³-hybridized carbons (Fsp3) is 0.588. The van der Waals surface area contributed by atoms with Gasteiger partial charge in [0.1, 0.15) is 11.4 Å². The molecule has 1 N–H and O–H groups in total. The fourth-order valence-electron chi connectivity index (χ4n) is 2.58. The summed E-state index contributed by atoms with van der Waals surface area (Å²) >= 11 is 6.15. The van der Waals surface area contributed by atoms with Crippen molar-refractivity contribution in [1.29, 1.82) is 0 Å². The Morgan fingerprint density at radius 2 is 2.13 bits per heavy atom. The van der Waals surface area contributed by atoms with E-state index in [0.717, 1.165) is 25.1 Å². The van der Waals surface area contributed by atoms with Crippen molar-refractivity contribution < 1.29 is 14.3 Å². The first-order chi connectivity index (χ1) is 10.8. The third-order valence-corrected chi connectivity index (χ3v) is 3.89. The largest absolute Gasteiger partial charge is 0.495 e. The lowest BCUT2D eigenvalue weighted by molar-refractivity contribution is 0.0206. The molecule has 1 aromatic rings. The van der Waals surface area contributed by atoms with E-state index >= 15 is 0 Å². The predicted octanol–water partition coefficient (Wildman–Crippen LogP) is 4.16. The lowest BCUT2D eigenvalue weighted by Gasteiger charge is -2.34. The van der Waals surface area contributed by atoms with Gasteiger partial charge in [-0.15, -0.1) is 0 Å². The van der Waals surface area contributed by atoms with Crippen LogP contribution in [-0.4, -0.2) is 42.8 Å². The molecule has 128 valence electrons. The summed E-state index contributed by atoms with van der Waals surface area (Å²) in [6.45, 7) is 6.99. The van der Waals surface area contributed by atoms with E-state index < -0.39 is 5.60 Å². The monoisotopic (exact) mass is 340 g/mol. The van der Waals surface area contributed by atoms with E-state index in [1.165, 1.54) is 0 Å². The van der Waals surface area contributed by atoms with E-state index in [2.05, 4.69) is 5.32 Å². The molecule has 1 aliphatic heterocycles. The molecule has 0 radical (unpaired) electrons. The van der Waals surface area contributed by atoms with Gasteiger partial charge in [0.05, 0.1) is 12.1 Å². The van der Waals surface area contributed by atoms with Crippen molar-refractivity contribution >= 4 is 23.4 Å². The van der Waals surface area contributed by atoms with Gasteiger partial charge in [-0.1, -0.05) is 11.6 Å². The van der Waals surface area contributed by atoms with E-state index in [4.69, 9.17) is 21.1 Å². The Kier molecular flexibility index (Phi) is 5.63. The summed E-state index contributed by atoms with van der Waals surface area (Å²) in [5, 5.41) is 4.00. The summed E-state index contributed by atoms with van der Waals surface area (Å²) in [6.07, 6.45) is 1.70. The molecule has 1 fully saturated rings. The van der Waals surface area contributed by atoms with Gasteiger partial charge < -0.3 is 19.7 Å². The number of piperidine rings is 1. The quantitative estimate of drug-likeness (QED) is 0.897. The van der Waals surface area contributed by atoms with Gasteiger partial charge in [-0.05, 0) is 51.8 Å². The van der Waals surface area contributed by atoms with Gasteiger partial charge in [-0.2, -0.15) is 0 Å². The summed E-state index contributed by atoms with van der Waals surface area (Å²) in [4.78, 5) is 13.9. The smallest absolute Gasteiger partial charge is 0.410 e. The Morgan fingerprint density at radius 3 is 2.74 bits per heavy atom. The molecule has 0 bridgehead atoms. The van der Waals surface area contributed by atoms with Crippen LogP contribution in [0.4, 0.5) is 10.5 Å². The lowest BCUT2D eigenvalue weighted by atomic mass is 10.1. The molecule has 1 aromatic carbocycles. The predicted molar refractivity (Wildman–Crippen MR) is 92.5 cm³/mol. The molecule has 0 saturated carbocycles. The summed E-state index contributed by atoms with van der Waals surface area (Å²) in [6, 6.07) is 5.78. The number of hydrogen-bond donors (Lipinski definition) is 1. The highest BCUT2D eigenvalue weighted by Gasteiger charge is 2.27. The molecule has 0 aromatic heterocycles. The summed E-state index contributed by atoms with van der Waals surface area (Å²) in [7, 11) is 1.59. The molecule has 1 amide bonds. The van der Waals surface area contributed by atoms with Crippen LogP contribution in [-0.2, 0) is 4.74 Å². The number of methoxy groups -OCH3 is 1. The zero-order valence-corrected chi connectivity index (χ0v) is 14.9. The normalized spacial score (nSPS) is 18.5. The third kappa shape index (κ3) is 5.20. The molecule has 2 rings (SSSR count). The van der Waals surface area contributed by atoms with Crippen LogP contribution in [0.1, 0.15) is 33.6 Å². The number of halogens is 1. The van der Waals surface area contributed by atoms with Crippen molar-refractivity contribution in [3.8, 4) is 5.75 Å². The van der Waals surface area contributed by atoms with E-state index in [9.17, 15) is 4.79 Å². The van der Waals surface area contributed by atoms with Gasteiger partial charge in [-0.25, -0.2) is 4.79 Å². The van der Waals surface area contributed by atoms with Crippen LogP contribution in [0.3, 0.4) is 0 Å². The van der Waals surface area contributed by atoms with E-state index in [0.29, 0.717) is 17.3 Å². The molecule has 0 aliphatic carbocycles. The third-order valence-electron chi connectivity index (χ3n) is 3.60. The van der Waals surface area contributed by atoms with Crippen molar-refractivity contribution in [2.24, 2.45) is 0 Å². The van der Waals surface area contributed by atoms with Crippen LogP contribution in [0.25, 0.3) is 0 Å².